The summed E-state index contributed by atoms with van der Waals surface area (Å²) in [5.74, 6) is -1.09. The monoisotopic (exact) mass is 282 g/mol. The summed E-state index contributed by atoms with van der Waals surface area (Å²) in [7, 11) is 1.52. The summed E-state index contributed by atoms with van der Waals surface area (Å²) < 4.78 is 5.06. The van der Waals surface area contributed by atoms with Gasteiger partial charge in [0.05, 0.1) is 23.1 Å². The molecular weight excluding hydrogens is 264 g/mol. The van der Waals surface area contributed by atoms with Gasteiger partial charge in [-0.3, -0.25) is 10.1 Å². The Labute approximate surface area is 116 Å². The fraction of sp³-hybridized carbons (Fsp3) is 0.462. The van der Waals surface area contributed by atoms with E-state index >= 15 is 0 Å². The number of carbonyl (C=O) groups is 1. The van der Waals surface area contributed by atoms with Crippen molar-refractivity contribution in [2.24, 2.45) is 5.92 Å². The number of nitro groups is 1. The van der Waals surface area contributed by atoms with Crippen molar-refractivity contribution in [1.29, 1.82) is 0 Å². The molecule has 7 nitrogen and oxygen atoms in total. The first kappa shape index (κ1) is 15.9. The lowest BCUT2D eigenvalue weighted by Crippen LogP contribution is -2.31. The van der Waals surface area contributed by atoms with E-state index in [0.717, 1.165) is 0 Å². The number of anilines is 1. The molecule has 0 saturated carbocycles. The summed E-state index contributed by atoms with van der Waals surface area (Å²) >= 11 is 0. The fourth-order valence-electron chi connectivity index (χ4n) is 1.79. The van der Waals surface area contributed by atoms with E-state index in [-0.39, 0.29) is 28.9 Å². The minimum atomic E-state index is -1.21. The summed E-state index contributed by atoms with van der Waals surface area (Å²) in [6, 6.07) is 3.74. The molecule has 20 heavy (non-hydrogen) atoms. The molecular formula is C13H18N2O5. The van der Waals surface area contributed by atoms with Crippen molar-refractivity contribution in [3.8, 4) is 0 Å². The molecule has 1 atom stereocenters. The van der Waals surface area contributed by atoms with Crippen molar-refractivity contribution in [3.05, 3.63) is 33.9 Å². The Balaban J connectivity index is 3.25. The molecule has 0 aromatic heterocycles. The summed E-state index contributed by atoms with van der Waals surface area (Å²) in [6.45, 7) is 4.17. The normalized spacial score (nSPS) is 12.2. The van der Waals surface area contributed by atoms with Gasteiger partial charge in [-0.2, -0.15) is 0 Å². The number of hydrogen-bond acceptors (Lipinski definition) is 5. The van der Waals surface area contributed by atoms with Gasteiger partial charge in [0, 0.05) is 13.2 Å². The van der Waals surface area contributed by atoms with E-state index in [4.69, 9.17) is 9.84 Å². The molecule has 1 aromatic carbocycles. The van der Waals surface area contributed by atoms with E-state index in [2.05, 4.69) is 5.32 Å². The Hall–Kier alpha value is -2.15. The van der Waals surface area contributed by atoms with Crippen LogP contribution < -0.4 is 5.32 Å². The van der Waals surface area contributed by atoms with Gasteiger partial charge in [0.2, 0.25) is 0 Å². The van der Waals surface area contributed by atoms with E-state index < -0.39 is 10.9 Å². The molecule has 0 radical (unpaired) electrons. The van der Waals surface area contributed by atoms with Crippen LogP contribution in [0.1, 0.15) is 24.2 Å². The van der Waals surface area contributed by atoms with E-state index in [1.807, 2.05) is 13.8 Å². The van der Waals surface area contributed by atoms with Gasteiger partial charge in [-0.25, -0.2) is 4.79 Å². The highest BCUT2D eigenvalue weighted by atomic mass is 16.6. The largest absolute Gasteiger partial charge is 0.478 e. The van der Waals surface area contributed by atoms with E-state index in [1.165, 1.54) is 25.3 Å². The van der Waals surface area contributed by atoms with Gasteiger partial charge in [0.15, 0.2) is 0 Å². The van der Waals surface area contributed by atoms with Crippen LogP contribution in [0, 0.1) is 16.0 Å². The van der Waals surface area contributed by atoms with E-state index in [9.17, 15) is 14.9 Å². The van der Waals surface area contributed by atoms with E-state index in [0.29, 0.717) is 6.61 Å². The topological polar surface area (TPSA) is 102 Å². The first-order chi connectivity index (χ1) is 9.38. The van der Waals surface area contributed by atoms with Gasteiger partial charge in [0.25, 0.3) is 5.69 Å². The van der Waals surface area contributed by atoms with Gasteiger partial charge < -0.3 is 15.2 Å². The van der Waals surface area contributed by atoms with Crippen LogP contribution in [0.15, 0.2) is 18.2 Å². The highest BCUT2D eigenvalue weighted by molar-refractivity contribution is 5.96. The molecule has 2 N–H and O–H groups in total. The number of hydrogen-bond donors (Lipinski definition) is 2. The van der Waals surface area contributed by atoms with Crippen molar-refractivity contribution >= 4 is 17.3 Å². The molecule has 0 heterocycles. The molecule has 110 valence electrons. The Morgan fingerprint density at radius 2 is 2.15 bits per heavy atom. The fourth-order valence-corrected chi connectivity index (χ4v) is 1.79. The number of carboxylic acids is 1. The van der Waals surface area contributed by atoms with Crippen LogP contribution in [-0.4, -0.2) is 35.8 Å². The predicted octanol–water partition coefficient (Wildman–Crippen LogP) is 2.38. The second kappa shape index (κ2) is 6.85. The van der Waals surface area contributed by atoms with E-state index in [1.54, 1.807) is 0 Å². The van der Waals surface area contributed by atoms with Crippen molar-refractivity contribution in [2.45, 2.75) is 19.9 Å². The Bertz CT molecular complexity index is 469. The first-order valence-corrected chi connectivity index (χ1v) is 6.14. The van der Waals surface area contributed by atoms with Gasteiger partial charge in [-0.05, 0) is 12.0 Å². The second-order valence-electron chi connectivity index (χ2n) is 4.71. The minimum Gasteiger partial charge on any atom is -0.478 e. The van der Waals surface area contributed by atoms with Crippen molar-refractivity contribution < 1.29 is 19.6 Å². The molecule has 0 amide bonds. The average molecular weight is 282 g/mol. The maximum Gasteiger partial charge on any atom is 0.338 e. The number of benzene rings is 1. The molecule has 0 aliphatic rings. The van der Waals surface area contributed by atoms with Crippen LogP contribution in [0.5, 0.6) is 0 Å². The highest BCUT2D eigenvalue weighted by Gasteiger charge is 2.24. The SMILES string of the molecule is COCC(Nc1c(C(=O)O)cccc1[N+](=O)[O-])C(C)C. The Morgan fingerprint density at radius 1 is 1.50 bits per heavy atom. The maximum absolute atomic E-state index is 11.2. The summed E-state index contributed by atoms with van der Waals surface area (Å²) in [5, 5.41) is 23.1. The first-order valence-electron chi connectivity index (χ1n) is 6.14. The van der Waals surface area contributed by atoms with Crippen molar-refractivity contribution in [3.63, 3.8) is 0 Å². The molecule has 0 fully saturated rings. The molecule has 1 rings (SSSR count). The van der Waals surface area contributed by atoms with Crippen LogP contribution in [0.3, 0.4) is 0 Å². The van der Waals surface area contributed by atoms with Crippen LogP contribution in [0.4, 0.5) is 11.4 Å². The minimum absolute atomic E-state index is 0.0146. The lowest BCUT2D eigenvalue weighted by molar-refractivity contribution is -0.384. The third-order valence-corrected chi connectivity index (χ3v) is 2.95. The smallest absolute Gasteiger partial charge is 0.338 e. The third-order valence-electron chi connectivity index (χ3n) is 2.95. The number of para-hydroxylation sites is 1. The lowest BCUT2D eigenvalue weighted by atomic mass is 10.0. The predicted molar refractivity (Wildman–Crippen MR) is 74.2 cm³/mol. The zero-order valence-corrected chi connectivity index (χ0v) is 11.6. The molecule has 7 heteroatoms. The number of aromatic carboxylic acids is 1. The number of nitrogens with zero attached hydrogens (tertiary/aromatic N) is 1. The second-order valence-corrected chi connectivity index (χ2v) is 4.71. The van der Waals surface area contributed by atoms with Gasteiger partial charge in [0.1, 0.15) is 5.69 Å². The lowest BCUT2D eigenvalue weighted by Gasteiger charge is -2.23. The Morgan fingerprint density at radius 3 is 2.60 bits per heavy atom. The molecule has 0 saturated heterocycles. The van der Waals surface area contributed by atoms with Gasteiger partial charge in [-0.15, -0.1) is 0 Å². The molecule has 0 aliphatic carbocycles. The molecule has 0 bridgehead atoms. The highest BCUT2D eigenvalue weighted by Crippen LogP contribution is 2.30. The van der Waals surface area contributed by atoms with Crippen molar-refractivity contribution in [2.75, 3.05) is 19.0 Å². The molecule has 1 unspecified atom stereocenters. The number of nitrogens with one attached hydrogen (secondary N) is 1. The number of methoxy groups -OCH3 is 1. The number of carboxylic acid groups (broad SMARTS) is 1. The maximum atomic E-state index is 11.2. The molecule has 1 aromatic rings. The van der Waals surface area contributed by atoms with Crippen LogP contribution in [-0.2, 0) is 4.74 Å². The zero-order valence-electron chi connectivity index (χ0n) is 11.6. The average Bonchev–Trinajstić information content (AvgIpc) is 2.37. The Kier molecular flexibility index (Phi) is 5.45. The van der Waals surface area contributed by atoms with Crippen molar-refractivity contribution in [1.82, 2.24) is 0 Å². The molecule has 0 aliphatic heterocycles. The standard InChI is InChI=1S/C13H18N2O5/c1-8(2)10(7-20-3)14-12-9(13(16)17)5-4-6-11(12)15(18)19/h4-6,8,10,14H,7H2,1-3H3,(H,16,17). The van der Waals surface area contributed by atoms with Crippen LogP contribution >= 0.6 is 0 Å². The summed E-state index contributed by atoms with van der Waals surface area (Å²) in [6.07, 6.45) is 0. The number of ether oxygens (including phenoxy) is 1. The van der Waals surface area contributed by atoms with Gasteiger partial charge >= 0.3 is 5.97 Å². The number of rotatable bonds is 7. The third kappa shape index (κ3) is 3.67. The van der Waals surface area contributed by atoms with Gasteiger partial charge in [-0.1, -0.05) is 19.9 Å². The van der Waals surface area contributed by atoms with Crippen LogP contribution in [0.2, 0.25) is 0 Å². The quantitative estimate of drug-likeness (QED) is 0.588. The number of nitro benzene ring substituents is 1. The summed E-state index contributed by atoms with van der Waals surface area (Å²) in [5.41, 5.74) is -0.367. The summed E-state index contributed by atoms with van der Waals surface area (Å²) in [4.78, 5) is 21.7. The zero-order chi connectivity index (χ0) is 15.3. The molecule has 0 spiro atoms. The van der Waals surface area contributed by atoms with Crippen LogP contribution in [0.25, 0.3) is 0 Å².